The first-order valence-electron chi connectivity index (χ1n) is 4.17. The Morgan fingerprint density at radius 3 is 2.17 bits per heavy atom. The van der Waals surface area contributed by atoms with Gasteiger partial charge in [-0.2, -0.15) is 0 Å². The Morgan fingerprint density at radius 2 is 1.83 bits per heavy atom. The van der Waals surface area contributed by atoms with E-state index in [1.807, 2.05) is 13.8 Å². The van der Waals surface area contributed by atoms with Gasteiger partial charge in [-0.05, 0) is 18.8 Å². The number of aliphatic carboxylic acids is 1. The summed E-state index contributed by atoms with van der Waals surface area (Å²) in [5, 5.41) is 8.48. The summed E-state index contributed by atoms with van der Waals surface area (Å²) in [4.78, 5) is 10.3. The molecule has 0 amide bonds. The van der Waals surface area contributed by atoms with Gasteiger partial charge in [-0.3, -0.25) is 4.79 Å². The number of carbonyl (C=O) groups is 1. The van der Waals surface area contributed by atoms with E-state index in [1.165, 1.54) is 0 Å². The van der Waals surface area contributed by atoms with Gasteiger partial charge in [-0.1, -0.05) is 13.8 Å². The zero-order valence-corrected chi connectivity index (χ0v) is 7.66. The second-order valence-corrected chi connectivity index (χ2v) is 3.57. The predicted molar refractivity (Wildman–Crippen MR) is 47.7 cm³/mol. The van der Waals surface area contributed by atoms with Crippen LogP contribution >= 0.6 is 0 Å². The van der Waals surface area contributed by atoms with Crippen LogP contribution in [0, 0.1) is 5.92 Å². The van der Waals surface area contributed by atoms with Crippen molar-refractivity contribution in [2.75, 3.05) is 0 Å². The van der Waals surface area contributed by atoms with Crippen molar-refractivity contribution in [2.45, 2.75) is 38.8 Å². The molecule has 0 aromatic rings. The quantitative estimate of drug-likeness (QED) is 0.554. The Kier molecular flexibility index (Phi) is 4.85. The molecule has 4 heteroatoms. The molecule has 0 heterocycles. The predicted octanol–water partition coefficient (Wildman–Crippen LogP) is 0.162. The summed E-state index contributed by atoms with van der Waals surface area (Å²) < 4.78 is 0. The molecular formula is C8H18N2O2. The average Bonchev–Trinajstić information content (AvgIpc) is 1.84. The van der Waals surface area contributed by atoms with Crippen LogP contribution in [0.4, 0.5) is 0 Å². The van der Waals surface area contributed by atoms with Crippen LogP contribution in [0.25, 0.3) is 0 Å². The summed E-state index contributed by atoms with van der Waals surface area (Å²) in [5.41, 5.74) is 11.0. The minimum atomic E-state index is -0.978. The van der Waals surface area contributed by atoms with Gasteiger partial charge in [0.1, 0.15) is 6.04 Å². The van der Waals surface area contributed by atoms with Crippen molar-refractivity contribution in [3.63, 3.8) is 0 Å². The molecule has 12 heavy (non-hydrogen) atoms. The standard InChI is InChI=1S/C8H18N2O2/c1-5(2)3-6(9)4-7(10)8(11)12/h5-7H,3-4,9-10H2,1-2H3,(H,11,12). The van der Waals surface area contributed by atoms with Gasteiger partial charge in [0, 0.05) is 6.04 Å². The summed E-state index contributed by atoms with van der Waals surface area (Å²) in [7, 11) is 0. The number of carboxylic acid groups (broad SMARTS) is 1. The van der Waals surface area contributed by atoms with Crippen LogP contribution in [0.15, 0.2) is 0 Å². The summed E-state index contributed by atoms with van der Waals surface area (Å²) in [6.07, 6.45) is 1.18. The van der Waals surface area contributed by atoms with E-state index >= 15 is 0 Å². The van der Waals surface area contributed by atoms with E-state index < -0.39 is 12.0 Å². The van der Waals surface area contributed by atoms with Gasteiger partial charge in [0.15, 0.2) is 0 Å². The molecular weight excluding hydrogens is 156 g/mol. The molecule has 0 aliphatic carbocycles. The normalized spacial score (nSPS) is 16.1. The van der Waals surface area contributed by atoms with Crippen LogP contribution in [-0.4, -0.2) is 23.2 Å². The largest absolute Gasteiger partial charge is 0.480 e. The Morgan fingerprint density at radius 1 is 1.33 bits per heavy atom. The molecule has 0 aliphatic heterocycles. The number of nitrogens with two attached hydrogens (primary N) is 2. The molecule has 0 aromatic carbocycles. The first-order chi connectivity index (χ1) is 5.43. The van der Waals surface area contributed by atoms with Crippen molar-refractivity contribution < 1.29 is 9.90 Å². The third-order valence-corrected chi connectivity index (χ3v) is 1.65. The van der Waals surface area contributed by atoms with Crippen molar-refractivity contribution in [1.82, 2.24) is 0 Å². The highest BCUT2D eigenvalue weighted by molar-refractivity contribution is 5.73. The van der Waals surface area contributed by atoms with Gasteiger partial charge in [0.25, 0.3) is 0 Å². The topological polar surface area (TPSA) is 89.3 Å². The minimum absolute atomic E-state index is 0.101. The fourth-order valence-electron chi connectivity index (χ4n) is 1.13. The molecule has 0 rings (SSSR count). The molecule has 0 fully saturated rings. The average molecular weight is 174 g/mol. The minimum Gasteiger partial charge on any atom is -0.480 e. The van der Waals surface area contributed by atoms with E-state index in [-0.39, 0.29) is 6.04 Å². The van der Waals surface area contributed by atoms with E-state index in [0.717, 1.165) is 6.42 Å². The third kappa shape index (κ3) is 5.09. The van der Waals surface area contributed by atoms with Gasteiger partial charge in [0.2, 0.25) is 0 Å². The maximum absolute atomic E-state index is 10.3. The van der Waals surface area contributed by atoms with E-state index in [1.54, 1.807) is 0 Å². The third-order valence-electron chi connectivity index (χ3n) is 1.65. The Balaban J connectivity index is 3.68. The maximum Gasteiger partial charge on any atom is 0.320 e. The van der Waals surface area contributed by atoms with E-state index in [2.05, 4.69) is 0 Å². The molecule has 5 N–H and O–H groups in total. The maximum atomic E-state index is 10.3. The molecule has 4 nitrogen and oxygen atoms in total. The number of carboxylic acids is 1. The number of hydrogen-bond acceptors (Lipinski definition) is 3. The SMILES string of the molecule is CC(C)CC(N)CC(N)C(=O)O. The molecule has 0 spiro atoms. The Labute approximate surface area is 72.9 Å². The van der Waals surface area contributed by atoms with Crippen molar-refractivity contribution in [3.8, 4) is 0 Å². The lowest BCUT2D eigenvalue weighted by atomic mass is 9.99. The molecule has 72 valence electrons. The fourth-order valence-corrected chi connectivity index (χ4v) is 1.13. The van der Waals surface area contributed by atoms with Crippen LogP contribution in [0.2, 0.25) is 0 Å². The molecule has 0 aromatic heterocycles. The monoisotopic (exact) mass is 174 g/mol. The lowest BCUT2D eigenvalue weighted by Crippen LogP contribution is -2.37. The zero-order chi connectivity index (χ0) is 9.72. The lowest BCUT2D eigenvalue weighted by molar-refractivity contribution is -0.138. The fraction of sp³-hybridized carbons (Fsp3) is 0.875. The van der Waals surface area contributed by atoms with Crippen molar-refractivity contribution in [1.29, 1.82) is 0 Å². The van der Waals surface area contributed by atoms with Crippen LogP contribution in [0.1, 0.15) is 26.7 Å². The molecule has 0 radical (unpaired) electrons. The Hall–Kier alpha value is -0.610. The smallest absolute Gasteiger partial charge is 0.320 e. The second-order valence-electron chi connectivity index (χ2n) is 3.57. The van der Waals surface area contributed by atoms with Crippen molar-refractivity contribution in [2.24, 2.45) is 17.4 Å². The molecule has 0 aliphatic rings. The van der Waals surface area contributed by atoms with Gasteiger partial charge in [0.05, 0.1) is 0 Å². The molecule has 0 bridgehead atoms. The van der Waals surface area contributed by atoms with Gasteiger partial charge >= 0.3 is 5.97 Å². The highest BCUT2D eigenvalue weighted by Gasteiger charge is 2.16. The zero-order valence-electron chi connectivity index (χ0n) is 7.66. The molecule has 2 atom stereocenters. The van der Waals surface area contributed by atoms with E-state index in [0.29, 0.717) is 12.3 Å². The van der Waals surface area contributed by atoms with Crippen LogP contribution in [-0.2, 0) is 4.79 Å². The molecule has 0 saturated heterocycles. The Bertz CT molecular complexity index is 148. The lowest BCUT2D eigenvalue weighted by Gasteiger charge is -2.15. The van der Waals surface area contributed by atoms with E-state index in [9.17, 15) is 4.79 Å². The summed E-state index contributed by atoms with van der Waals surface area (Å²) in [6, 6.07) is -0.921. The highest BCUT2D eigenvalue weighted by atomic mass is 16.4. The first-order valence-corrected chi connectivity index (χ1v) is 4.17. The summed E-state index contributed by atoms with van der Waals surface area (Å²) >= 11 is 0. The van der Waals surface area contributed by atoms with Crippen LogP contribution in [0.5, 0.6) is 0 Å². The van der Waals surface area contributed by atoms with Gasteiger partial charge in [-0.25, -0.2) is 0 Å². The van der Waals surface area contributed by atoms with Gasteiger partial charge < -0.3 is 16.6 Å². The van der Waals surface area contributed by atoms with Crippen LogP contribution < -0.4 is 11.5 Å². The second kappa shape index (κ2) is 5.11. The summed E-state index contributed by atoms with van der Waals surface area (Å²) in [6.45, 7) is 4.10. The highest BCUT2D eigenvalue weighted by Crippen LogP contribution is 2.06. The molecule has 2 unspecified atom stereocenters. The van der Waals surface area contributed by atoms with Crippen molar-refractivity contribution in [3.05, 3.63) is 0 Å². The van der Waals surface area contributed by atoms with Crippen LogP contribution in [0.3, 0.4) is 0 Å². The van der Waals surface area contributed by atoms with Crippen molar-refractivity contribution >= 4 is 5.97 Å². The first kappa shape index (κ1) is 11.4. The van der Waals surface area contributed by atoms with E-state index in [4.69, 9.17) is 16.6 Å². The number of rotatable bonds is 5. The summed E-state index contributed by atoms with van der Waals surface area (Å²) in [5.74, 6) is -0.491. The van der Waals surface area contributed by atoms with Gasteiger partial charge in [-0.15, -0.1) is 0 Å². The molecule has 0 saturated carbocycles. The number of hydrogen-bond donors (Lipinski definition) is 3.